The van der Waals surface area contributed by atoms with Crippen molar-refractivity contribution in [1.82, 2.24) is 10.2 Å². The molecule has 0 bridgehead atoms. The van der Waals surface area contributed by atoms with Crippen molar-refractivity contribution in [2.75, 3.05) is 20.6 Å². The Kier molecular flexibility index (Phi) is 5.00. The van der Waals surface area contributed by atoms with Gasteiger partial charge in [0.15, 0.2) is 0 Å². The van der Waals surface area contributed by atoms with Crippen LogP contribution in [0.3, 0.4) is 0 Å². The summed E-state index contributed by atoms with van der Waals surface area (Å²) in [7, 11) is 4.31. The molecule has 0 saturated heterocycles. The molecule has 1 aliphatic carbocycles. The third kappa shape index (κ3) is 4.32. The number of nitrogens with one attached hydrogen (secondary N) is 1. The van der Waals surface area contributed by atoms with Crippen LogP contribution < -0.4 is 5.32 Å². The van der Waals surface area contributed by atoms with Crippen molar-refractivity contribution >= 4 is 0 Å². The van der Waals surface area contributed by atoms with Crippen molar-refractivity contribution < 1.29 is 0 Å². The van der Waals surface area contributed by atoms with Crippen LogP contribution >= 0.6 is 0 Å². The van der Waals surface area contributed by atoms with Gasteiger partial charge in [0.1, 0.15) is 0 Å². The fourth-order valence-corrected chi connectivity index (χ4v) is 2.67. The molecule has 2 nitrogen and oxygen atoms in total. The van der Waals surface area contributed by atoms with Crippen molar-refractivity contribution in [2.45, 2.75) is 45.2 Å². The maximum Gasteiger partial charge on any atom is 0.0446 e. The van der Waals surface area contributed by atoms with Gasteiger partial charge in [-0.2, -0.15) is 0 Å². The number of rotatable bonds is 7. The standard InChI is InChI=1S/C17H28N2/c1-13(2)11-14-5-7-15(8-6-14)17(18-3)12-19(4)16-9-10-16/h5-8,13,16-18H,9-12H2,1-4H3. The van der Waals surface area contributed by atoms with E-state index in [2.05, 4.69) is 62.4 Å². The van der Waals surface area contributed by atoms with Gasteiger partial charge in [-0.3, -0.25) is 0 Å². The second-order valence-electron chi connectivity index (χ2n) is 6.35. The summed E-state index contributed by atoms with van der Waals surface area (Å²) < 4.78 is 0. The number of hydrogen-bond acceptors (Lipinski definition) is 2. The molecule has 19 heavy (non-hydrogen) atoms. The lowest BCUT2D eigenvalue weighted by molar-refractivity contribution is 0.287. The second kappa shape index (κ2) is 6.53. The van der Waals surface area contributed by atoms with E-state index in [4.69, 9.17) is 0 Å². The van der Waals surface area contributed by atoms with E-state index >= 15 is 0 Å². The van der Waals surface area contributed by atoms with E-state index in [0.717, 1.165) is 18.5 Å². The van der Waals surface area contributed by atoms with Crippen molar-refractivity contribution in [3.63, 3.8) is 0 Å². The minimum absolute atomic E-state index is 0.443. The highest BCUT2D eigenvalue weighted by atomic mass is 15.2. The SMILES string of the molecule is CNC(CN(C)C1CC1)c1ccc(CC(C)C)cc1. The fraction of sp³-hybridized carbons (Fsp3) is 0.647. The Balaban J connectivity index is 1.97. The maximum atomic E-state index is 3.45. The number of nitrogens with zero attached hydrogens (tertiary/aromatic N) is 1. The molecule has 1 aromatic rings. The zero-order valence-electron chi connectivity index (χ0n) is 12.8. The quantitative estimate of drug-likeness (QED) is 0.809. The third-order valence-electron chi connectivity index (χ3n) is 4.02. The van der Waals surface area contributed by atoms with Crippen LogP contribution in [0.25, 0.3) is 0 Å². The summed E-state index contributed by atoms with van der Waals surface area (Å²) in [5.74, 6) is 0.729. The second-order valence-corrected chi connectivity index (χ2v) is 6.35. The predicted octanol–water partition coefficient (Wildman–Crippen LogP) is 3.24. The van der Waals surface area contributed by atoms with Crippen LogP contribution in [0.2, 0.25) is 0 Å². The minimum Gasteiger partial charge on any atom is -0.312 e. The van der Waals surface area contributed by atoms with Crippen LogP contribution in [-0.4, -0.2) is 31.6 Å². The highest BCUT2D eigenvalue weighted by Gasteiger charge is 2.27. The summed E-state index contributed by atoms with van der Waals surface area (Å²) in [6.45, 7) is 5.65. The number of likely N-dealkylation sites (N-methyl/N-ethyl adjacent to an activating group) is 2. The molecule has 0 spiro atoms. The molecule has 106 valence electrons. The van der Waals surface area contributed by atoms with Crippen molar-refractivity contribution in [3.05, 3.63) is 35.4 Å². The normalized spacial score (nSPS) is 17.2. The van der Waals surface area contributed by atoms with Gasteiger partial charge in [-0.25, -0.2) is 0 Å². The molecule has 1 unspecified atom stereocenters. The van der Waals surface area contributed by atoms with Gasteiger partial charge in [0, 0.05) is 18.6 Å². The Morgan fingerprint density at radius 3 is 2.32 bits per heavy atom. The van der Waals surface area contributed by atoms with Gasteiger partial charge in [-0.05, 0) is 50.4 Å². The molecule has 0 aromatic heterocycles. The van der Waals surface area contributed by atoms with Gasteiger partial charge in [-0.15, -0.1) is 0 Å². The molecule has 0 heterocycles. The molecule has 0 radical (unpaired) electrons. The molecule has 2 heteroatoms. The molecular weight excluding hydrogens is 232 g/mol. The van der Waals surface area contributed by atoms with Crippen molar-refractivity contribution in [2.24, 2.45) is 5.92 Å². The molecule has 2 rings (SSSR count). The molecule has 1 aromatic carbocycles. The smallest absolute Gasteiger partial charge is 0.0446 e. The Hall–Kier alpha value is -0.860. The monoisotopic (exact) mass is 260 g/mol. The first-order chi connectivity index (χ1) is 9.10. The predicted molar refractivity (Wildman–Crippen MR) is 82.4 cm³/mol. The highest BCUT2D eigenvalue weighted by molar-refractivity contribution is 5.25. The van der Waals surface area contributed by atoms with Gasteiger partial charge in [0.05, 0.1) is 0 Å². The molecule has 1 N–H and O–H groups in total. The molecule has 1 atom stereocenters. The van der Waals surface area contributed by atoms with Crippen LogP contribution in [0.4, 0.5) is 0 Å². The van der Waals surface area contributed by atoms with Gasteiger partial charge in [-0.1, -0.05) is 38.1 Å². The molecule has 1 fully saturated rings. The minimum atomic E-state index is 0.443. The topological polar surface area (TPSA) is 15.3 Å². The summed E-state index contributed by atoms with van der Waals surface area (Å²) in [6, 6.07) is 10.4. The Labute approximate surface area is 118 Å². The van der Waals surface area contributed by atoms with Crippen LogP contribution in [0.15, 0.2) is 24.3 Å². The average molecular weight is 260 g/mol. The lowest BCUT2D eigenvalue weighted by Gasteiger charge is -2.24. The summed E-state index contributed by atoms with van der Waals surface area (Å²) in [5, 5.41) is 3.45. The first-order valence-corrected chi connectivity index (χ1v) is 7.56. The average Bonchev–Trinajstić information content (AvgIpc) is 3.20. The zero-order chi connectivity index (χ0) is 13.8. The van der Waals surface area contributed by atoms with Gasteiger partial charge >= 0.3 is 0 Å². The summed E-state index contributed by atoms with van der Waals surface area (Å²) in [4.78, 5) is 2.49. The van der Waals surface area contributed by atoms with Crippen molar-refractivity contribution in [1.29, 1.82) is 0 Å². The molecule has 0 amide bonds. The first kappa shape index (κ1) is 14.5. The highest BCUT2D eigenvalue weighted by Crippen LogP contribution is 2.27. The van der Waals surface area contributed by atoms with Crippen LogP contribution in [-0.2, 0) is 6.42 Å². The van der Waals surface area contributed by atoms with Gasteiger partial charge in [0.25, 0.3) is 0 Å². The van der Waals surface area contributed by atoms with Crippen LogP contribution in [0.1, 0.15) is 43.9 Å². The summed E-state index contributed by atoms with van der Waals surface area (Å²) >= 11 is 0. The van der Waals surface area contributed by atoms with Crippen LogP contribution in [0, 0.1) is 5.92 Å². The van der Waals surface area contributed by atoms with E-state index in [1.807, 2.05) is 0 Å². The summed E-state index contributed by atoms with van der Waals surface area (Å²) in [5.41, 5.74) is 2.85. The largest absolute Gasteiger partial charge is 0.312 e. The first-order valence-electron chi connectivity index (χ1n) is 7.56. The lowest BCUT2D eigenvalue weighted by Crippen LogP contribution is -2.32. The zero-order valence-corrected chi connectivity index (χ0v) is 12.8. The van der Waals surface area contributed by atoms with E-state index < -0.39 is 0 Å². The maximum absolute atomic E-state index is 3.45. The van der Waals surface area contributed by atoms with Gasteiger partial charge < -0.3 is 10.2 Å². The van der Waals surface area contributed by atoms with Gasteiger partial charge in [0.2, 0.25) is 0 Å². The van der Waals surface area contributed by atoms with E-state index in [9.17, 15) is 0 Å². The summed E-state index contributed by atoms with van der Waals surface area (Å²) in [6.07, 6.45) is 3.92. The lowest BCUT2D eigenvalue weighted by atomic mass is 9.99. The number of benzene rings is 1. The van der Waals surface area contributed by atoms with E-state index in [1.165, 1.54) is 30.4 Å². The van der Waals surface area contributed by atoms with E-state index in [1.54, 1.807) is 0 Å². The molecule has 1 saturated carbocycles. The van der Waals surface area contributed by atoms with Crippen LogP contribution in [0.5, 0.6) is 0 Å². The van der Waals surface area contributed by atoms with Crippen molar-refractivity contribution in [3.8, 4) is 0 Å². The molecule has 1 aliphatic rings. The number of hydrogen-bond donors (Lipinski definition) is 1. The Bertz CT molecular complexity index is 379. The van der Waals surface area contributed by atoms with E-state index in [-0.39, 0.29) is 0 Å². The Morgan fingerprint density at radius 2 is 1.84 bits per heavy atom. The molecular formula is C17H28N2. The fourth-order valence-electron chi connectivity index (χ4n) is 2.67. The third-order valence-corrected chi connectivity index (χ3v) is 4.02. The Morgan fingerprint density at radius 1 is 1.21 bits per heavy atom. The van der Waals surface area contributed by atoms with E-state index in [0.29, 0.717) is 6.04 Å². The molecule has 0 aliphatic heterocycles.